The summed E-state index contributed by atoms with van der Waals surface area (Å²) < 4.78 is 10.5. The van der Waals surface area contributed by atoms with E-state index in [4.69, 9.17) is 9.47 Å². The summed E-state index contributed by atoms with van der Waals surface area (Å²) in [5.41, 5.74) is 3.89. The van der Waals surface area contributed by atoms with Crippen molar-refractivity contribution in [2.75, 3.05) is 20.8 Å². The van der Waals surface area contributed by atoms with Crippen LogP contribution in [0.3, 0.4) is 0 Å². The summed E-state index contributed by atoms with van der Waals surface area (Å²) in [5.74, 6) is 1.32. The van der Waals surface area contributed by atoms with Crippen LogP contribution in [-0.4, -0.2) is 31.7 Å². The summed E-state index contributed by atoms with van der Waals surface area (Å²) in [6.45, 7) is 0.463. The molecular formula is C25H24N2O3. The first-order chi connectivity index (χ1) is 14.7. The predicted molar refractivity (Wildman–Crippen MR) is 118 cm³/mol. The zero-order valence-electron chi connectivity index (χ0n) is 17.0. The lowest BCUT2D eigenvalue weighted by Crippen LogP contribution is -2.28. The molecule has 2 N–H and O–H groups in total. The maximum Gasteiger partial charge on any atom is 0.251 e. The van der Waals surface area contributed by atoms with Crippen LogP contribution in [0.4, 0.5) is 0 Å². The maximum atomic E-state index is 12.8. The van der Waals surface area contributed by atoms with Crippen LogP contribution in [0.15, 0.2) is 79.0 Å². The van der Waals surface area contributed by atoms with Gasteiger partial charge in [0.05, 0.1) is 14.2 Å². The molecule has 5 nitrogen and oxygen atoms in total. The van der Waals surface area contributed by atoms with Gasteiger partial charge in [0.1, 0.15) is 11.5 Å². The van der Waals surface area contributed by atoms with Crippen molar-refractivity contribution in [3.63, 3.8) is 0 Å². The van der Waals surface area contributed by atoms with E-state index < -0.39 is 0 Å². The normalized spacial score (nSPS) is 11.8. The molecule has 0 saturated carbocycles. The Morgan fingerprint density at radius 3 is 2.47 bits per heavy atom. The Hall–Kier alpha value is -3.73. The fourth-order valence-electron chi connectivity index (χ4n) is 3.69. The summed E-state index contributed by atoms with van der Waals surface area (Å²) in [6.07, 6.45) is 2.03. The zero-order valence-corrected chi connectivity index (χ0v) is 17.0. The lowest BCUT2D eigenvalue weighted by atomic mass is 9.90. The number of aromatic nitrogens is 1. The molecule has 1 unspecified atom stereocenters. The number of nitrogens with one attached hydrogen (secondary N) is 2. The molecule has 0 aliphatic heterocycles. The van der Waals surface area contributed by atoms with E-state index in [2.05, 4.69) is 22.4 Å². The first-order valence-electron chi connectivity index (χ1n) is 9.82. The third-order valence-electron chi connectivity index (χ3n) is 5.31. The summed E-state index contributed by atoms with van der Waals surface area (Å²) in [6, 6.07) is 23.3. The predicted octanol–water partition coefficient (Wildman–Crippen LogP) is 4.75. The van der Waals surface area contributed by atoms with Gasteiger partial charge in [-0.3, -0.25) is 4.79 Å². The van der Waals surface area contributed by atoms with Gasteiger partial charge in [0.25, 0.3) is 5.91 Å². The molecule has 1 amide bonds. The Morgan fingerprint density at radius 2 is 1.70 bits per heavy atom. The minimum absolute atomic E-state index is 0.0124. The molecule has 1 aromatic heterocycles. The van der Waals surface area contributed by atoms with Crippen molar-refractivity contribution in [2.45, 2.75) is 5.92 Å². The van der Waals surface area contributed by atoms with E-state index in [0.717, 1.165) is 27.8 Å². The molecule has 0 saturated heterocycles. The number of fused-ring (bicyclic) bond motifs is 1. The van der Waals surface area contributed by atoms with Crippen molar-refractivity contribution >= 4 is 16.8 Å². The Bertz CT molecular complexity index is 1150. The fourth-order valence-corrected chi connectivity index (χ4v) is 3.69. The average Bonchev–Trinajstić information content (AvgIpc) is 3.23. The number of H-pyrrole nitrogens is 1. The van der Waals surface area contributed by atoms with E-state index in [9.17, 15) is 4.79 Å². The molecular weight excluding hydrogens is 376 g/mol. The zero-order chi connectivity index (χ0) is 20.9. The number of amides is 1. The number of hydrogen-bond acceptors (Lipinski definition) is 3. The van der Waals surface area contributed by atoms with Crippen molar-refractivity contribution in [1.29, 1.82) is 0 Å². The number of benzene rings is 3. The van der Waals surface area contributed by atoms with Crippen LogP contribution in [0.1, 0.15) is 27.4 Å². The van der Waals surface area contributed by atoms with Crippen LogP contribution in [0.2, 0.25) is 0 Å². The molecule has 3 aromatic carbocycles. The van der Waals surface area contributed by atoms with Crippen molar-refractivity contribution in [3.8, 4) is 11.5 Å². The number of rotatable bonds is 7. The van der Waals surface area contributed by atoms with E-state index >= 15 is 0 Å². The highest BCUT2D eigenvalue weighted by molar-refractivity contribution is 5.94. The van der Waals surface area contributed by atoms with E-state index in [1.54, 1.807) is 26.4 Å². The van der Waals surface area contributed by atoms with Gasteiger partial charge in [-0.2, -0.15) is 0 Å². The SMILES string of the molecule is COc1ccc(C(CNC(=O)c2cccc(OC)c2)c2c[nH]c3ccccc23)cc1. The number of hydrogen-bond donors (Lipinski definition) is 2. The first kappa shape index (κ1) is 19.6. The first-order valence-corrected chi connectivity index (χ1v) is 9.82. The standard InChI is InChI=1S/C25H24N2O3/c1-29-19-12-10-17(11-13-19)22(23-16-26-24-9-4-3-8-21(23)24)15-27-25(28)18-6-5-7-20(14-18)30-2/h3-14,16,22,26H,15H2,1-2H3,(H,27,28). The highest BCUT2D eigenvalue weighted by Crippen LogP contribution is 2.31. The van der Waals surface area contributed by atoms with E-state index in [1.807, 2.05) is 54.7 Å². The molecule has 152 valence electrons. The monoisotopic (exact) mass is 400 g/mol. The lowest BCUT2D eigenvalue weighted by Gasteiger charge is -2.19. The van der Waals surface area contributed by atoms with Gasteiger partial charge in [-0.05, 0) is 47.5 Å². The van der Waals surface area contributed by atoms with Crippen LogP contribution in [-0.2, 0) is 0 Å². The highest BCUT2D eigenvalue weighted by Gasteiger charge is 2.20. The summed E-state index contributed by atoms with van der Waals surface area (Å²) in [4.78, 5) is 16.1. The Morgan fingerprint density at radius 1 is 0.933 bits per heavy atom. The minimum atomic E-state index is -0.132. The summed E-state index contributed by atoms with van der Waals surface area (Å²) >= 11 is 0. The van der Waals surface area contributed by atoms with E-state index in [0.29, 0.717) is 17.9 Å². The Balaban J connectivity index is 1.64. The van der Waals surface area contributed by atoms with Gasteiger partial charge in [-0.1, -0.05) is 36.4 Å². The van der Waals surface area contributed by atoms with Gasteiger partial charge in [-0.25, -0.2) is 0 Å². The topological polar surface area (TPSA) is 63.4 Å². The van der Waals surface area contributed by atoms with Crippen LogP contribution in [0.25, 0.3) is 10.9 Å². The summed E-state index contributed by atoms with van der Waals surface area (Å²) in [5, 5.41) is 4.24. The molecule has 4 aromatic rings. The molecule has 5 heteroatoms. The number of carbonyl (C=O) groups is 1. The molecule has 0 fully saturated rings. The lowest BCUT2D eigenvalue weighted by molar-refractivity contribution is 0.0952. The van der Waals surface area contributed by atoms with Gasteiger partial charge in [-0.15, -0.1) is 0 Å². The Kier molecular flexibility index (Phi) is 5.70. The van der Waals surface area contributed by atoms with Crippen molar-refractivity contribution in [1.82, 2.24) is 10.3 Å². The smallest absolute Gasteiger partial charge is 0.251 e. The third-order valence-corrected chi connectivity index (χ3v) is 5.31. The second-order valence-corrected chi connectivity index (χ2v) is 7.06. The number of carbonyl (C=O) groups excluding carboxylic acids is 1. The van der Waals surface area contributed by atoms with Crippen LogP contribution in [0, 0.1) is 0 Å². The second-order valence-electron chi connectivity index (χ2n) is 7.06. The van der Waals surface area contributed by atoms with Crippen LogP contribution in [0.5, 0.6) is 11.5 Å². The largest absolute Gasteiger partial charge is 0.497 e. The van der Waals surface area contributed by atoms with Crippen LogP contribution >= 0.6 is 0 Å². The van der Waals surface area contributed by atoms with E-state index in [-0.39, 0.29) is 11.8 Å². The average molecular weight is 400 g/mol. The molecule has 0 spiro atoms. The van der Waals surface area contributed by atoms with Gasteiger partial charge in [0, 0.05) is 35.1 Å². The minimum Gasteiger partial charge on any atom is -0.497 e. The van der Waals surface area contributed by atoms with E-state index in [1.165, 1.54) is 0 Å². The van der Waals surface area contributed by atoms with Crippen molar-refractivity contribution in [2.24, 2.45) is 0 Å². The van der Waals surface area contributed by atoms with Crippen molar-refractivity contribution in [3.05, 3.63) is 95.7 Å². The molecule has 0 bridgehead atoms. The van der Waals surface area contributed by atoms with Gasteiger partial charge >= 0.3 is 0 Å². The Labute approximate surface area is 175 Å². The summed E-state index contributed by atoms with van der Waals surface area (Å²) in [7, 11) is 3.24. The van der Waals surface area contributed by atoms with Crippen molar-refractivity contribution < 1.29 is 14.3 Å². The quantitative estimate of drug-likeness (QED) is 0.471. The molecule has 4 rings (SSSR count). The maximum absolute atomic E-state index is 12.8. The van der Waals surface area contributed by atoms with Gasteiger partial charge in [0.15, 0.2) is 0 Å². The molecule has 1 heterocycles. The number of para-hydroxylation sites is 1. The fraction of sp³-hybridized carbons (Fsp3) is 0.160. The molecule has 0 aliphatic carbocycles. The molecule has 0 aliphatic rings. The second kappa shape index (κ2) is 8.74. The molecule has 1 atom stereocenters. The molecule has 0 radical (unpaired) electrons. The number of methoxy groups -OCH3 is 2. The van der Waals surface area contributed by atoms with Crippen LogP contribution < -0.4 is 14.8 Å². The van der Waals surface area contributed by atoms with Gasteiger partial charge < -0.3 is 19.8 Å². The molecule has 30 heavy (non-hydrogen) atoms. The number of aromatic amines is 1. The van der Waals surface area contributed by atoms with Gasteiger partial charge in [0.2, 0.25) is 0 Å². The highest BCUT2D eigenvalue weighted by atomic mass is 16.5. The number of ether oxygens (including phenoxy) is 2. The third kappa shape index (κ3) is 4.01.